The van der Waals surface area contributed by atoms with Crippen LogP contribution in [0.1, 0.15) is 11.1 Å². The lowest BCUT2D eigenvalue weighted by Crippen LogP contribution is -2.41. The van der Waals surface area contributed by atoms with Crippen molar-refractivity contribution in [3.63, 3.8) is 0 Å². The Kier molecular flexibility index (Phi) is 4.99. The van der Waals surface area contributed by atoms with E-state index in [4.69, 9.17) is 14.6 Å². The quantitative estimate of drug-likeness (QED) is 0.811. The Bertz CT molecular complexity index is 545. The summed E-state index contributed by atoms with van der Waals surface area (Å²) in [7, 11) is 1.60. The van der Waals surface area contributed by atoms with Crippen molar-refractivity contribution in [3.05, 3.63) is 29.3 Å². The molecule has 1 heterocycles. The summed E-state index contributed by atoms with van der Waals surface area (Å²) in [6.07, 6.45) is 0. The first kappa shape index (κ1) is 14.4. The number of rotatable bonds is 3. The number of aliphatic hydroxyl groups excluding tert-OH is 1. The second-order valence-corrected chi connectivity index (χ2v) is 4.35. The summed E-state index contributed by atoms with van der Waals surface area (Å²) in [6, 6.07) is 5.51. The van der Waals surface area contributed by atoms with Crippen molar-refractivity contribution in [2.45, 2.75) is 6.54 Å². The van der Waals surface area contributed by atoms with Gasteiger partial charge in [-0.2, -0.15) is 0 Å². The Morgan fingerprint density at radius 1 is 1.50 bits per heavy atom. The molecule has 1 aliphatic heterocycles. The van der Waals surface area contributed by atoms with E-state index in [2.05, 4.69) is 11.8 Å². The molecule has 0 bridgehead atoms. The molecule has 5 nitrogen and oxygen atoms in total. The van der Waals surface area contributed by atoms with E-state index in [-0.39, 0.29) is 19.1 Å². The van der Waals surface area contributed by atoms with Gasteiger partial charge in [-0.05, 0) is 23.8 Å². The molecule has 0 saturated carbocycles. The molecule has 0 aliphatic carbocycles. The average molecular weight is 275 g/mol. The highest BCUT2D eigenvalue weighted by atomic mass is 16.5. The van der Waals surface area contributed by atoms with Crippen LogP contribution in [0.3, 0.4) is 0 Å². The highest BCUT2D eigenvalue weighted by molar-refractivity contribution is 5.78. The highest BCUT2D eigenvalue weighted by Gasteiger charge is 2.19. The lowest BCUT2D eigenvalue weighted by atomic mass is 10.1. The zero-order valence-electron chi connectivity index (χ0n) is 11.4. The maximum atomic E-state index is 11.8. The van der Waals surface area contributed by atoms with Crippen LogP contribution in [0, 0.1) is 11.8 Å². The van der Waals surface area contributed by atoms with E-state index in [9.17, 15) is 4.79 Å². The van der Waals surface area contributed by atoms with Gasteiger partial charge in [0.1, 0.15) is 19.0 Å². The fourth-order valence-electron chi connectivity index (χ4n) is 2.01. The fraction of sp³-hybridized carbons (Fsp3) is 0.400. The molecule has 1 saturated heterocycles. The van der Waals surface area contributed by atoms with Crippen molar-refractivity contribution >= 4 is 5.91 Å². The zero-order chi connectivity index (χ0) is 14.4. The Morgan fingerprint density at radius 3 is 3.05 bits per heavy atom. The maximum absolute atomic E-state index is 11.8. The molecule has 2 rings (SSSR count). The van der Waals surface area contributed by atoms with Crippen molar-refractivity contribution in [1.82, 2.24) is 4.90 Å². The lowest BCUT2D eigenvalue weighted by molar-refractivity contribution is -0.143. The molecule has 1 aromatic carbocycles. The summed E-state index contributed by atoms with van der Waals surface area (Å²) in [5.41, 5.74) is 1.69. The first-order valence-electron chi connectivity index (χ1n) is 6.36. The van der Waals surface area contributed by atoms with Gasteiger partial charge in [0.05, 0.1) is 13.7 Å². The predicted octanol–water partition coefficient (Wildman–Crippen LogP) is 0.398. The topological polar surface area (TPSA) is 59.0 Å². The average Bonchev–Trinajstić information content (AvgIpc) is 2.48. The van der Waals surface area contributed by atoms with Crippen molar-refractivity contribution in [1.29, 1.82) is 0 Å². The van der Waals surface area contributed by atoms with Gasteiger partial charge in [-0.25, -0.2) is 0 Å². The summed E-state index contributed by atoms with van der Waals surface area (Å²) in [4.78, 5) is 13.5. The first-order valence-corrected chi connectivity index (χ1v) is 6.36. The predicted molar refractivity (Wildman–Crippen MR) is 73.2 cm³/mol. The summed E-state index contributed by atoms with van der Waals surface area (Å²) >= 11 is 0. The smallest absolute Gasteiger partial charge is 0.248 e. The van der Waals surface area contributed by atoms with Gasteiger partial charge in [-0.3, -0.25) is 4.79 Å². The molecule has 106 valence electrons. The second kappa shape index (κ2) is 6.94. The summed E-state index contributed by atoms with van der Waals surface area (Å²) < 4.78 is 10.3. The number of carbonyl (C=O) groups is 1. The number of benzene rings is 1. The number of hydrogen-bond donors (Lipinski definition) is 1. The molecule has 1 amide bonds. The zero-order valence-corrected chi connectivity index (χ0v) is 11.4. The highest BCUT2D eigenvalue weighted by Crippen LogP contribution is 2.19. The molecule has 1 N–H and O–H groups in total. The molecule has 0 atom stereocenters. The van der Waals surface area contributed by atoms with Crippen LogP contribution in [0.4, 0.5) is 0 Å². The van der Waals surface area contributed by atoms with Crippen LogP contribution in [0.2, 0.25) is 0 Å². The van der Waals surface area contributed by atoms with E-state index in [1.165, 1.54) is 0 Å². The molecule has 0 aromatic heterocycles. The Balaban J connectivity index is 2.24. The number of nitrogens with zero attached hydrogens (tertiary/aromatic N) is 1. The van der Waals surface area contributed by atoms with Crippen LogP contribution in [0.25, 0.3) is 0 Å². The van der Waals surface area contributed by atoms with E-state index < -0.39 is 0 Å². The van der Waals surface area contributed by atoms with Gasteiger partial charge in [-0.1, -0.05) is 11.8 Å². The molecule has 0 radical (unpaired) electrons. The summed E-state index contributed by atoms with van der Waals surface area (Å²) in [5.74, 6) is 6.21. The van der Waals surface area contributed by atoms with Gasteiger partial charge in [0.15, 0.2) is 0 Å². The van der Waals surface area contributed by atoms with Crippen LogP contribution in [-0.2, 0) is 16.1 Å². The number of aliphatic hydroxyl groups is 1. The number of morpholine rings is 1. The third-order valence-electron chi connectivity index (χ3n) is 3.06. The van der Waals surface area contributed by atoms with Gasteiger partial charge in [0.2, 0.25) is 5.91 Å². The molecule has 20 heavy (non-hydrogen) atoms. The van der Waals surface area contributed by atoms with Crippen molar-refractivity contribution in [3.8, 4) is 17.6 Å². The molecule has 1 aliphatic rings. The van der Waals surface area contributed by atoms with Gasteiger partial charge >= 0.3 is 0 Å². The number of methoxy groups -OCH3 is 1. The molecular formula is C15H17NO4. The standard InChI is InChI=1S/C15H17NO4/c1-19-14-5-4-12(3-2-7-17)13(9-14)10-16-6-8-20-11-15(16)18/h4-5,9,17H,6-8,10-11H2,1H3. The van der Waals surface area contributed by atoms with Crippen molar-refractivity contribution in [2.24, 2.45) is 0 Å². The minimum absolute atomic E-state index is 0.0277. The largest absolute Gasteiger partial charge is 0.497 e. The SMILES string of the molecule is COc1ccc(C#CCO)c(CN2CCOCC2=O)c1. The minimum Gasteiger partial charge on any atom is -0.497 e. The van der Waals surface area contributed by atoms with Gasteiger partial charge in [0.25, 0.3) is 0 Å². The van der Waals surface area contributed by atoms with Crippen LogP contribution < -0.4 is 4.74 Å². The van der Waals surface area contributed by atoms with Crippen LogP contribution in [0.15, 0.2) is 18.2 Å². The normalized spacial score (nSPS) is 14.7. The van der Waals surface area contributed by atoms with Crippen LogP contribution in [0.5, 0.6) is 5.75 Å². The third kappa shape index (κ3) is 3.50. The summed E-state index contributed by atoms with van der Waals surface area (Å²) in [5, 5.41) is 8.80. The van der Waals surface area contributed by atoms with Crippen LogP contribution >= 0.6 is 0 Å². The fourth-order valence-corrected chi connectivity index (χ4v) is 2.01. The minimum atomic E-state index is -0.193. The maximum Gasteiger partial charge on any atom is 0.248 e. The lowest BCUT2D eigenvalue weighted by Gasteiger charge is -2.27. The van der Waals surface area contributed by atoms with Gasteiger partial charge in [0, 0.05) is 18.7 Å². The van der Waals surface area contributed by atoms with E-state index >= 15 is 0 Å². The summed E-state index contributed by atoms with van der Waals surface area (Å²) in [6.45, 7) is 1.52. The van der Waals surface area contributed by atoms with Crippen molar-refractivity contribution < 1.29 is 19.4 Å². The number of carbonyl (C=O) groups excluding carboxylic acids is 1. The van der Waals surface area contributed by atoms with Gasteiger partial charge in [-0.15, -0.1) is 0 Å². The first-order chi connectivity index (χ1) is 9.74. The Hall–Kier alpha value is -2.03. The van der Waals surface area contributed by atoms with E-state index in [1.54, 1.807) is 12.0 Å². The molecule has 0 unspecified atom stereocenters. The molecule has 5 heteroatoms. The number of ether oxygens (including phenoxy) is 2. The Labute approximate surface area is 118 Å². The van der Waals surface area contributed by atoms with E-state index in [1.807, 2.05) is 18.2 Å². The van der Waals surface area contributed by atoms with E-state index in [0.717, 1.165) is 16.9 Å². The molecule has 0 spiro atoms. The molecule has 1 fully saturated rings. The monoisotopic (exact) mass is 275 g/mol. The molecule has 1 aromatic rings. The molecular weight excluding hydrogens is 258 g/mol. The van der Waals surface area contributed by atoms with Gasteiger partial charge < -0.3 is 19.5 Å². The van der Waals surface area contributed by atoms with E-state index in [0.29, 0.717) is 19.7 Å². The number of amides is 1. The Morgan fingerprint density at radius 2 is 2.35 bits per heavy atom. The van der Waals surface area contributed by atoms with Crippen molar-refractivity contribution in [2.75, 3.05) is 33.5 Å². The van der Waals surface area contributed by atoms with Crippen LogP contribution in [-0.4, -0.2) is 49.4 Å². The number of hydrogen-bond acceptors (Lipinski definition) is 4. The third-order valence-corrected chi connectivity index (χ3v) is 3.06. The second-order valence-electron chi connectivity index (χ2n) is 4.35.